The van der Waals surface area contributed by atoms with Crippen molar-refractivity contribution in [2.24, 2.45) is 0 Å². The molecule has 1 aromatic carbocycles. The van der Waals surface area contributed by atoms with Crippen LogP contribution in [0.25, 0.3) is 0 Å². The molecule has 1 heterocycles. The summed E-state index contributed by atoms with van der Waals surface area (Å²) >= 11 is 6.02. The van der Waals surface area contributed by atoms with Crippen molar-refractivity contribution < 1.29 is 24.2 Å². The zero-order valence-electron chi connectivity index (χ0n) is 14.1. The summed E-state index contributed by atoms with van der Waals surface area (Å²) in [5, 5.41) is 7.41. The molecule has 1 aromatic rings. The number of hydrogen-bond donors (Lipinski definition) is 1. The maximum absolute atomic E-state index is 12.8. The first-order chi connectivity index (χ1) is 11.4. The standard InChI is InChI=1S/C15H21ClN2O3.CH2O2/c1-17(2)9-12-10-21-7-6-18(12)15(19)13-8-11(16)4-5-14(13)20-3;2-1-3/h4-5,8,12H,6-7,9-10H2,1-3H3;1H,(H,2,3). The lowest BCUT2D eigenvalue weighted by atomic mass is 10.1. The number of nitrogens with zero attached hydrogens (tertiary/aromatic N) is 2. The van der Waals surface area contributed by atoms with Crippen molar-refractivity contribution in [1.82, 2.24) is 9.80 Å². The first-order valence-corrected chi connectivity index (χ1v) is 7.77. The number of morpholine rings is 1. The number of benzene rings is 1. The van der Waals surface area contributed by atoms with Gasteiger partial charge in [0.2, 0.25) is 0 Å². The van der Waals surface area contributed by atoms with Crippen molar-refractivity contribution >= 4 is 24.0 Å². The van der Waals surface area contributed by atoms with Crippen LogP contribution in [-0.4, -0.2) is 80.8 Å². The van der Waals surface area contributed by atoms with E-state index in [0.717, 1.165) is 6.54 Å². The summed E-state index contributed by atoms with van der Waals surface area (Å²) in [6.07, 6.45) is 0. The Morgan fingerprint density at radius 1 is 1.54 bits per heavy atom. The Bertz CT molecular complexity index is 553. The fourth-order valence-electron chi connectivity index (χ4n) is 2.50. The summed E-state index contributed by atoms with van der Waals surface area (Å²) in [5.41, 5.74) is 0.496. The molecule has 0 saturated carbocycles. The lowest BCUT2D eigenvalue weighted by molar-refractivity contribution is -0.122. The Hall–Kier alpha value is -1.83. The highest BCUT2D eigenvalue weighted by Crippen LogP contribution is 2.25. The molecule has 134 valence electrons. The van der Waals surface area contributed by atoms with Crippen molar-refractivity contribution in [2.45, 2.75) is 6.04 Å². The van der Waals surface area contributed by atoms with E-state index in [2.05, 4.69) is 4.90 Å². The summed E-state index contributed by atoms with van der Waals surface area (Å²) in [7, 11) is 5.52. The van der Waals surface area contributed by atoms with Gasteiger partial charge in [-0.25, -0.2) is 0 Å². The van der Waals surface area contributed by atoms with E-state index < -0.39 is 0 Å². The molecular weight excluding hydrogens is 336 g/mol. The zero-order valence-corrected chi connectivity index (χ0v) is 14.8. The topological polar surface area (TPSA) is 79.3 Å². The molecule has 1 aliphatic heterocycles. The molecule has 24 heavy (non-hydrogen) atoms. The molecule has 1 atom stereocenters. The van der Waals surface area contributed by atoms with Crippen LogP contribution in [0.2, 0.25) is 5.02 Å². The number of ether oxygens (including phenoxy) is 2. The van der Waals surface area contributed by atoms with Gasteiger partial charge in [-0.05, 0) is 32.3 Å². The van der Waals surface area contributed by atoms with Crippen molar-refractivity contribution in [3.05, 3.63) is 28.8 Å². The van der Waals surface area contributed by atoms with E-state index in [1.165, 1.54) is 0 Å². The van der Waals surface area contributed by atoms with E-state index in [9.17, 15) is 4.79 Å². The number of hydrogen-bond acceptors (Lipinski definition) is 5. The van der Waals surface area contributed by atoms with Gasteiger partial charge in [-0.1, -0.05) is 11.6 Å². The van der Waals surface area contributed by atoms with Gasteiger partial charge in [0.15, 0.2) is 0 Å². The molecule has 1 saturated heterocycles. The molecule has 7 nitrogen and oxygen atoms in total. The Balaban J connectivity index is 0.000000891. The summed E-state index contributed by atoms with van der Waals surface area (Å²) in [5.74, 6) is 0.476. The molecule has 1 N–H and O–H groups in total. The van der Waals surface area contributed by atoms with Gasteiger partial charge in [-0.15, -0.1) is 0 Å². The Morgan fingerprint density at radius 2 is 2.21 bits per heavy atom. The van der Waals surface area contributed by atoms with Gasteiger partial charge in [0.25, 0.3) is 12.4 Å². The Labute approximate surface area is 146 Å². The van der Waals surface area contributed by atoms with Crippen molar-refractivity contribution in [3.63, 3.8) is 0 Å². The predicted molar refractivity (Wildman–Crippen MR) is 90.9 cm³/mol. The third-order valence-corrected chi connectivity index (χ3v) is 3.69. The number of rotatable bonds is 4. The zero-order chi connectivity index (χ0) is 18.1. The van der Waals surface area contributed by atoms with Crippen LogP contribution in [0.4, 0.5) is 0 Å². The molecule has 0 aromatic heterocycles. The number of carboxylic acid groups (broad SMARTS) is 1. The van der Waals surface area contributed by atoms with Crippen LogP contribution in [0.5, 0.6) is 5.75 Å². The van der Waals surface area contributed by atoms with Gasteiger partial charge in [-0.2, -0.15) is 0 Å². The highest BCUT2D eigenvalue weighted by atomic mass is 35.5. The van der Waals surface area contributed by atoms with Crippen LogP contribution in [0, 0.1) is 0 Å². The largest absolute Gasteiger partial charge is 0.496 e. The maximum Gasteiger partial charge on any atom is 0.290 e. The molecule has 8 heteroatoms. The summed E-state index contributed by atoms with van der Waals surface area (Å²) in [6.45, 7) is 2.19. The van der Waals surface area contributed by atoms with Crippen LogP contribution >= 0.6 is 11.6 Å². The van der Waals surface area contributed by atoms with Crippen LogP contribution in [0.1, 0.15) is 10.4 Å². The lowest BCUT2D eigenvalue weighted by Crippen LogP contribution is -2.52. The number of amides is 1. The fraction of sp³-hybridized carbons (Fsp3) is 0.500. The summed E-state index contributed by atoms with van der Waals surface area (Å²) in [4.78, 5) is 25.1. The first-order valence-electron chi connectivity index (χ1n) is 7.39. The van der Waals surface area contributed by atoms with Gasteiger partial charge in [-0.3, -0.25) is 9.59 Å². The first kappa shape index (κ1) is 20.2. The van der Waals surface area contributed by atoms with Gasteiger partial charge < -0.3 is 24.4 Å². The molecule has 0 aliphatic carbocycles. The highest BCUT2D eigenvalue weighted by molar-refractivity contribution is 6.31. The minimum atomic E-state index is -0.250. The van der Waals surface area contributed by atoms with Crippen molar-refractivity contribution in [2.75, 3.05) is 47.5 Å². The minimum Gasteiger partial charge on any atom is -0.496 e. The predicted octanol–water partition coefficient (Wildman–Crippen LogP) is 1.45. The molecule has 0 spiro atoms. The van der Waals surface area contributed by atoms with Crippen LogP contribution in [0.15, 0.2) is 18.2 Å². The van der Waals surface area contributed by atoms with Crippen LogP contribution in [0.3, 0.4) is 0 Å². The van der Waals surface area contributed by atoms with Gasteiger partial charge in [0, 0.05) is 18.1 Å². The number of methoxy groups -OCH3 is 1. The Morgan fingerprint density at radius 3 is 2.79 bits per heavy atom. The second-order valence-corrected chi connectivity index (χ2v) is 5.88. The van der Waals surface area contributed by atoms with Gasteiger partial charge >= 0.3 is 0 Å². The molecule has 0 bridgehead atoms. The smallest absolute Gasteiger partial charge is 0.290 e. The minimum absolute atomic E-state index is 0.0323. The number of likely N-dealkylation sites (N-methyl/N-ethyl adjacent to an activating group) is 1. The van der Waals surface area contributed by atoms with E-state index in [1.807, 2.05) is 19.0 Å². The van der Waals surface area contributed by atoms with E-state index in [-0.39, 0.29) is 18.4 Å². The SMILES string of the molecule is COc1ccc(Cl)cc1C(=O)N1CCOCC1CN(C)C.O=CO. The van der Waals surface area contributed by atoms with E-state index in [1.54, 1.807) is 25.3 Å². The molecule has 0 radical (unpaired) electrons. The summed E-state index contributed by atoms with van der Waals surface area (Å²) < 4.78 is 10.8. The third kappa shape index (κ3) is 5.67. The van der Waals surface area contributed by atoms with Gasteiger partial charge in [0.1, 0.15) is 5.75 Å². The van der Waals surface area contributed by atoms with E-state index in [0.29, 0.717) is 36.1 Å². The number of carbonyl (C=O) groups is 2. The highest BCUT2D eigenvalue weighted by Gasteiger charge is 2.30. The molecule has 1 amide bonds. The molecular formula is C16H23ClN2O5. The second kappa shape index (κ2) is 10.1. The molecule has 1 aliphatic rings. The fourth-order valence-corrected chi connectivity index (χ4v) is 2.67. The molecule has 2 rings (SSSR count). The third-order valence-electron chi connectivity index (χ3n) is 3.46. The quantitative estimate of drug-likeness (QED) is 0.821. The van der Waals surface area contributed by atoms with Crippen molar-refractivity contribution in [1.29, 1.82) is 0 Å². The van der Waals surface area contributed by atoms with E-state index >= 15 is 0 Å². The number of halogens is 1. The maximum atomic E-state index is 12.8. The lowest BCUT2D eigenvalue weighted by Gasteiger charge is -2.37. The average Bonchev–Trinajstić information content (AvgIpc) is 2.55. The van der Waals surface area contributed by atoms with Gasteiger partial charge in [0.05, 0.1) is 31.9 Å². The van der Waals surface area contributed by atoms with Crippen LogP contribution in [-0.2, 0) is 9.53 Å². The normalized spacial score (nSPS) is 17.0. The molecule has 1 unspecified atom stereocenters. The average molecular weight is 359 g/mol. The molecule has 1 fully saturated rings. The monoisotopic (exact) mass is 358 g/mol. The summed E-state index contributed by atoms with van der Waals surface area (Å²) in [6, 6.07) is 5.13. The second-order valence-electron chi connectivity index (χ2n) is 5.44. The number of carbonyl (C=O) groups excluding carboxylic acids is 1. The van der Waals surface area contributed by atoms with E-state index in [4.69, 9.17) is 31.0 Å². The Kier molecular flexibility index (Phi) is 8.53. The van der Waals surface area contributed by atoms with Crippen molar-refractivity contribution in [3.8, 4) is 5.75 Å². The van der Waals surface area contributed by atoms with Crippen LogP contribution < -0.4 is 4.74 Å².